The van der Waals surface area contributed by atoms with Crippen molar-refractivity contribution in [2.24, 2.45) is 10.8 Å². The predicted octanol–water partition coefficient (Wildman–Crippen LogP) is 2.31. The number of nitrogens with zero attached hydrogens (tertiary/aromatic N) is 1. The maximum Gasteiger partial charge on any atom is 0.228 e. The molecule has 1 aliphatic rings. The van der Waals surface area contributed by atoms with Gasteiger partial charge in [0.15, 0.2) is 0 Å². The van der Waals surface area contributed by atoms with Crippen LogP contribution in [0.15, 0.2) is 0 Å². The average molecular weight is 227 g/mol. The molecule has 0 spiro atoms. The third-order valence-electron chi connectivity index (χ3n) is 3.90. The molecule has 0 bridgehead atoms. The van der Waals surface area contributed by atoms with Gasteiger partial charge in [-0.1, -0.05) is 27.7 Å². The molecule has 1 fully saturated rings. The summed E-state index contributed by atoms with van der Waals surface area (Å²) < 4.78 is 5.39. The van der Waals surface area contributed by atoms with E-state index >= 15 is 0 Å². The first kappa shape index (κ1) is 13.5. The second-order valence-electron chi connectivity index (χ2n) is 5.73. The Morgan fingerprint density at radius 1 is 1.31 bits per heavy atom. The maximum atomic E-state index is 12.2. The van der Waals surface area contributed by atoms with E-state index in [-0.39, 0.29) is 16.7 Å². The molecular formula is C13H25NO2. The van der Waals surface area contributed by atoms with Crippen LogP contribution in [0.5, 0.6) is 0 Å². The van der Waals surface area contributed by atoms with E-state index in [4.69, 9.17) is 4.74 Å². The Morgan fingerprint density at radius 3 is 2.31 bits per heavy atom. The summed E-state index contributed by atoms with van der Waals surface area (Å²) in [5, 5.41) is 0. The van der Waals surface area contributed by atoms with Gasteiger partial charge in [-0.15, -0.1) is 0 Å². The zero-order valence-electron chi connectivity index (χ0n) is 11.3. The van der Waals surface area contributed by atoms with Gasteiger partial charge in [-0.05, 0) is 18.3 Å². The molecule has 1 atom stereocenters. The number of ether oxygens (including phenoxy) is 1. The zero-order valence-corrected chi connectivity index (χ0v) is 11.3. The highest BCUT2D eigenvalue weighted by Gasteiger charge is 2.63. The summed E-state index contributed by atoms with van der Waals surface area (Å²) in [6.07, 6.45) is 2.03. The van der Waals surface area contributed by atoms with E-state index in [1.165, 1.54) is 0 Å². The lowest BCUT2D eigenvalue weighted by atomic mass is 9.97. The zero-order chi connectivity index (χ0) is 12.4. The molecule has 0 radical (unpaired) electrons. The average Bonchev–Trinajstić information content (AvgIpc) is 2.73. The molecule has 94 valence electrons. The molecule has 0 aromatic heterocycles. The van der Waals surface area contributed by atoms with Crippen LogP contribution in [-0.2, 0) is 9.53 Å². The summed E-state index contributed by atoms with van der Waals surface area (Å²) in [5.74, 6) is 0.262. The fourth-order valence-electron chi connectivity index (χ4n) is 2.18. The van der Waals surface area contributed by atoms with E-state index in [0.717, 1.165) is 19.4 Å². The first-order valence-corrected chi connectivity index (χ1v) is 6.18. The minimum atomic E-state index is -0.146. The van der Waals surface area contributed by atoms with E-state index in [9.17, 15) is 4.79 Å². The third-order valence-corrected chi connectivity index (χ3v) is 3.90. The molecule has 3 nitrogen and oxygen atoms in total. The number of carbonyl (C=O) groups excluding carboxylic acids is 1. The van der Waals surface area contributed by atoms with Crippen molar-refractivity contribution in [1.82, 2.24) is 4.90 Å². The molecular weight excluding hydrogens is 202 g/mol. The minimum Gasteiger partial charge on any atom is -0.380 e. The third kappa shape index (κ3) is 2.57. The number of rotatable bonds is 6. The van der Waals surface area contributed by atoms with Crippen LogP contribution in [0, 0.1) is 10.8 Å². The van der Waals surface area contributed by atoms with Crippen LogP contribution in [0.1, 0.15) is 40.5 Å². The Bertz CT molecular complexity index is 263. The molecule has 1 amide bonds. The number of hydrogen-bond donors (Lipinski definition) is 0. The normalized spacial score (nSPS) is 26.6. The smallest absolute Gasteiger partial charge is 0.228 e. The lowest BCUT2D eigenvalue weighted by Gasteiger charge is -2.23. The molecule has 1 aliphatic carbocycles. The second kappa shape index (κ2) is 4.74. The summed E-state index contributed by atoms with van der Waals surface area (Å²) in [6.45, 7) is 10.6. The second-order valence-corrected chi connectivity index (χ2v) is 5.73. The molecule has 0 heterocycles. The molecule has 0 N–H and O–H groups in total. The molecule has 1 rings (SSSR count). The summed E-state index contributed by atoms with van der Waals surface area (Å²) in [5.41, 5.74) is 0.0229. The van der Waals surface area contributed by atoms with Gasteiger partial charge in [-0.25, -0.2) is 0 Å². The molecule has 0 aliphatic heterocycles. The fraction of sp³-hybridized carbons (Fsp3) is 0.923. The highest BCUT2D eigenvalue weighted by molar-refractivity contribution is 5.86. The van der Waals surface area contributed by atoms with Crippen molar-refractivity contribution in [2.45, 2.75) is 40.5 Å². The Balaban J connectivity index is 2.32. The van der Waals surface area contributed by atoms with Crippen LogP contribution in [0.3, 0.4) is 0 Å². The SMILES string of the molecule is CCCOCCN(C)C(=O)C1(C)CC1(C)C. The van der Waals surface area contributed by atoms with Gasteiger partial charge in [0.25, 0.3) is 0 Å². The fourth-order valence-corrected chi connectivity index (χ4v) is 2.18. The number of hydrogen-bond acceptors (Lipinski definition) is 2. The lowest BCUT2D eigenvalue weighted by molar-refractivity contribution is -0.136. The van der Waals surface area contributed by atoms with Crippen LogP contribution < -0.4 is 0 Å². The quantitative estimate of drug-likeness (QED) is 0.652. The predicted molar refractivity (Wildman–Crippen MR) is 65.3 cm³/mol. The molecule has 0 saturated heterocycles. The minimum absolute atomic E-state index is 0.146. The highest BCUT2D eigenvalue weighted by Crippen LogP contribution is 2.63. The van der Waals surface area contributed by atoms with Crippen LogP contribution in [0.4, 0.5) is 0 Å². The van der Waals surface area contributed by atoms with Crippen molar-refractivity contribution in [1.29, 1.82) is 0 Å². The first-order chi connectivity index (χ1) is 7.35. The Hall–Kier alpha value is -0.570. The Kier molecular flexibility index (Phi) is 4.00. The monoisotopic (exact) mass is 227 g/mol. The van der Waals surface area contributed by atoms with Gasteiger partial charge in [-0.3, -0.25) is 4.79 Å². The highest BCUT2D eigenvalue weighted by atomic mass is 16.5. The number of amides is 1. The van der Waals surface area contributed by atoms with Gasteiger partial charge in [0, 0.05) is 20.2 Å². The topological polar surface area (TPSA) is 29.5 Å². The van der Waals surface area contributed by atoms with Crippen LogP contribution >= 0.6 is 0 Å². The molecule has 3 heteroatoms. The molecule has 0 aromatic rings. The summed E-state index contributed by atoms with van der Waals surface area (Å²) in [6, 6.07) is 0. The van der Waals surface area contributed by atoms with Crippen molar-refractivity contribution < 1.29 is 9.53 Å². The van der Waals surface area contributed by atoms with Crippen molar-refractivity contribution in [2.75, 3.05) is 26.8 Å². The Morgan fingerprint density at radius 2 is 1.88 bits per heavy atom. The van der Waals surface area contributed by atoms with E-state index in [1.54, 1.807) is 0 Å². The Labute approximate surface area is 99.1 Å². The van der Waals surface area contributed by atoms with Gasteiger partial charge >= 0.3 is 0 Å². The van der Waals surface area contributed by atoms with Crippen LogP contribution in [0.25, 0.3) is 0 Å². The summed E-state index contributed by atoms with van der Waals surface area (Å²) >= 11 is 0. The van der Waals surface area contributed by atoms with Gasteiger partial charge in [-0.2, -0.15) is 0 Å². The van der Waals surface area contributed by atoms with Crippen molar-refractivity contribution >= 4 is 5.91 Å². The summed E-state index contributed by atoms with van der Waals surface area (Å²) in [4.78, 5) is 14.0. The van der Waals surface area contributed by atoms with Crippen molar-refractivity contribution in [3.05, 3.63) is 0 Å². The first-order valence-electron chi connectivity index (χ1n) is 6.18. The van der Waals surface area contributed by atoms with Gasteiger partial charge in [0.05, 0.1) is 12.0 Å². The standard InChI is InChI=1S/C13H25NO2/c1-6-8-16-9-7-14(5)11(15)13(4)10-12(13,2)3/h6-10H2,1-5H3. The van der Waals surface area contributed by atoms with E-state index in [1.807, 2.05) is 11.9 Å². The molecule has 1 unspecified atom stereocenters. The van der Waals surface area contributed by atoms with Crippen molar-refractivity contribution in [3.8, 4) is 0 Å². The van der Waals surface area contributed by atoms with Crippen LogP contribution in [0.2, 0.25) is 0 Å². The molecule has 16 heavy (non-hydrogen) atoms. The van der Waals surface area contributed by atoms with Gasteiger partial charge in [0.1, 0.15) is 0 Å². The van der Waals surface area contributed by atoms with Crippen LogP contribution in [-0.4, -0.2) is 37.6 Å². The van der Waals surface area contributed by atoms with Gasteiger partial charge in [0.2, 0.25) is 5.91 Å². The largest absolute Gasteiger partial charge is 0.380 e. The number of likely N-dealkylation sites (N-methyl/N-ethyl adjacent to an activating group) is 1. The molecule has 1 saturated carbocycles. The van der Waals surface area contributed by atoms with E-state index < -0.39 is 0 Å². The van der Waals surface area contributed by atoms with E-state index in [0.29, 0.717) is 13.2 Å². The maximum absolute atomic E-state index is 12.2. The van der Waals surface area contributed by atoms with Crippen molar-refractivity contribution in [3.63, 3.8) is 0 Å². The van der Waals surface area contributed by atoms with E-state index in [2.05, 4.69) is 27.7 Å². The lowest BCUT2D eigenvalue weighted by Crippen LogP contribution is -2.37. The number of carbonyl (C=O) groups is 1. The molecule has 0 aromatic carbocycles. The summed E-state index contributed by atoms with van der Waals surface area (Å²) in [7, 11) is 1.87. The van der Waals surface area contributed by atoms with Gasteiger partial charge < -0.3 is 9.64 Å².